The smallest absolute Gasteiger partial charge is 0.243 e. The molecule has 4 rings (SSSR count). The predicted octanol–water partition coefficient (Wildman–Crippen LogP) is 2.45. The van der Waals surface area contributed by atoms with Gasteiger partial charge in [0.05, 0.1) is 6.20 Å². The van der Waals surface area contributed by atoms with Gasteiger partial charge in [0.1, 0.15) is 0 Å². The summed E-state index contributed by atoms with van der Waals surface area (Å²) in [7, 11) is 0. The average molecular weight is 442 g/mol. The molecule has 9 heteroatoms. The normalized spacial score (nSPS) is 23.8. The van der Waals surface area contributed by atoms with Crippen LogP contribution in [0, 0.1) is 0 Å². The first-order valence-electron chi connectivity index (χ1n) is 11.9. The Bertz CT molecular complexity index is 942. The van der Waals surface area contributed by atoms with E-state index in [2.05, 4.69) is 34.1 Å². The number of piperidine rings is 1. The molecule has 2 aromatic heterocycles. The van der Waals surface area contributed by atoms with Crippen LogP contribution in [0.5, 0.6) is 0 Å². The van der Waals surface area contributed by atoms with E-state index in [0.717, 1.165) is 69.1 Å². The first-order valence-corrected chi connectivity index (χ1v) is 11.9. The van der Waals surface area contributed by atoms with Crippen molar-refractivity contribution in [2.24, 2.45) is 0 Å². The number of carbonyl (C=O) groups is 1. The monoisotopic (exact) mass is 441 g/mol. The van der Waals surface area contributed by atoms with Gasteiger partial charge in [-0.3, -0.25) is 4.79 Å². The fourth-order valence-corrected chi connectivity index (χ4v) is 4.99. The maximum Gasteiger partial charge on any atom is 0.243 e. The maximum atomic E-state index is 11.8. The zero-order chi connectivity index (χ0) is 22.5. The van der Waals surface area contributed by atoms with Gasteiger partial charge in [0, 0.05) is 36.8 Å². The summed E-state index contributed by atoms with van der Waals surface area (Å²) in [6.45, 7) is 6.73. The molecule has 0 spiro atoms. The van der Waals surface area contributed by atoms with Gasteiger partial charge in [-0.2, -0.15) is 19.6 Å². The maximum absolute atomic E-state index is 11.8. The topological polar surface area (TPSA) is 108 Å². The van der Waals surface area contributed by atoms with Crippen LogP contribution in [-0.4, -0.2) is 61.9 Å². The molecule has 1 saturated carbocycles. The Morgan fingerprint density at radius 3 is 2.88 bits per heavy atom. The van der Waals surface area contributed by atoms with Crippen LogP contribution in [0.15, 0.2) is 18.9 Å². The molecule has 0 radical (unpaired) electrons. The first kappa shape index (κ1) is 22.5. The summed E-state index contributed by atoms with van der Waals surface area (Å²) in [5.74, 6) is 1.28. The van der Waals surface area contributed by atoms with Crippen LogP contribution in [0.4, 0.5) is 11.9 Å². The highest BCUT2D eigenvalue weighted by Gasteiger charge is 2.28. The van der Waals surface area contributed by atoms with E-state index in [9.17, 15) is 9.90 Å². The summed E-state index contributed by atoms with van der Waals surface area (Å²) in [6.07, 6.45) is 11.9. The third-order valence-electron chi connectivity index (χ3n) is 6.70. The summed E-state index contributed by atoms with van der Waals surface area (Å²) >= 11 is 0. The minimum absolute atomic E-state index is 0.123. The van der Waals surface area contributed by atoms with Gasteiger partial charge in [0.25, 0.3) is 0 Å². The molecule has 32 heavy (non-hydrogen) atoms. The van der Waals surface area contributed by atoms with Crippen molar-refractivity contribution in [3.63, 3.8) is 0 Å². The molecular formula is C23H35N7O2. The molecule has 1 amide bonds. The molecule has 2 aliphatic rings. The fourth-order valence-electron chi connectivity index (χ4n) is 4.99. The van der Waals surface area contributed by atoms with Crippen LogP contribution in [-0.2, 0) is 11.2 Å². The van der Waals surface area contributed by atoms with Crippen LogP contribution in [0.2, 0.25) is 0 Å². The van der Waals surface area contributed by atoms with Crippen LogP contribution in [0.1, 0.15) is 63.9 Å². The van der Waals surface area contributed by atoms with Crippen molar-refractivity contribution in [3.05, 3.63) is 24.4 Å². The van der Waals surface area contributed by atoms with E-state index in [1.165, 1.54) is 12.5 Å². The number of hydrogen-bond acceptors (Lipinski definition) is 7. The third kappa shape index (κ3) is 4.87. The Morgan fingerprint density at radius 2 is 2.09 bits per heavy atom. The predicted molar refractivity (Wildman–Crippen MR) is 125 cm³/mol. The molecule has 1 aliphatic carbocycles. The molecule has 2 unspecified atom stereocenters. The van der Waals surface area contributed by atoms with Gasteiger partial charge >= 0.3 is 0 Å². The molecule has 2 aromatic rings. The van der Waals surface area contributed by atoms with Gasteiger partial charge < -0.3 is 20.6 Å². The Hall–Kier alpha value is -2.68. The molecule has 3 heterocycles. The number of nitrogens with zero attached hydrogens (tertiary/aromatic N) is 5. The van der Waals surface area contributed by atoms with Crippen molar-refractivity contribution >= 4 is 23.5 Å². The van der Waals surface area contributed by atoms with Gasteiger partial charge in [-0.25, -0.2) is 0 Å². The van der Waals surface area contributed by atoms with E-state index < -0.39 is 0 Å². The number of fused-ring (bicyclic) bond motifs is 1. The number of anilines is 2. The van der Waals surface area contributed by atoms with Gasteiger partial charge in [0.15, 0.2) is 5.65 Å². The summed E-state index contributed by atoms with van der Waals surface area (Å²) in [4.78, 5) is 23.8. The van der Waals surface area contributed by atoms with Crippen molar-refractivity contribution < 1.29 is 9.90 Å². The van der Waals surface area contributed by atoms with Crippen molar-refractivity contribution in [1.29, 1.82) is 0 Å². The second-order valence-corrected chi connectivity index (χ2v) is 8.88. The summed E-state index contributed by atoms with van der Waals surface area (Å²) < 4.78 is 1.80. The Labute approximate surface area is 189 Å². The third-order valence-corrected chi connectivity index (χ3v) is 6.70. The molecule has 2 fully saturated rings. The Balaban J connectivity index is 1.62. The van der Waals surface area contributed by atoms with Gasteiger partial charge in [-0.15, -0.1) is 0 Å². The lowest BCUT2D eigenvalue weighted by atomic mass is 9.91. The minimum Gasteiger partial charge on any atom is -0.396 e. The molecule has 0 bridgehead atoms. The second kappa shape index (κ2) is 10.3. The lowest BCUT2D eigenvalue weighted by Crippen LogP contribution is -2.42. The first-order chi connectivity index (χ1) is 15.6. The SMILES string of the molecule is C=CC(=O)NC1CCCC(Nc2nc(N3CCCC[C@H]3CCO)nc3c(CC)cnn23)C1. The van der Waals surface area contributed by atoms with Gasteiger partial charge in [-0.1, -0.05) is 13.5 Å². The number of aliphatic hydroxyl groups excluding tert-OH is 1. The van der Waals surface area contributed by atoms with Crippen molar-refractivity contribution in [3.8, 4) is 0 Å². The van der Waals surface area contributed by atoms with Crippen LogP contribution in [0.3, 0.4) is 0 Å². The van der Waals surface area contributed by atoms with E-state index in [-0.39, 0.29) is 30.6 Å². The molecule has 3 atom stereocenters. The summed E-state index contributed by atoms with van der Waals surface area (Å²) in [5.41, 5.74) is 1.92. The number of hydrogen-bond donors (Lipinski definition) is 3. The average Bonchev–Trinajstić information content (AvgIpc) is 3.23. The van der Waals surface area contributed by atoms with Crippen molar-refractivity contribution in [1.82, 2.24) is 24.9 Å². The standard InChI is InChI=1S/C23H35N7O2/c1-3-16-15-24-30-21(16)27-22(29-12-6-5-10-19(29)11-13-31)28-23(30)26-18-9-7-8-17(14-18)25-20(32)4-2/h4,15,17-19,31H,2-3,5-14H2,1H3,(H,25,32)(H,26,27,28)/t17?,18?,19-/m0/s1. The van der Waals surface area contributed by atoms with Gasteiger partial charge in [0.2, 0.25) is 17.8 Å². The van der Waals surface area contributed by atoms with Crippen molar-refractivity contribution in [2.75, 3.05) is 23.4 Å². The quantitative estimate of drug-likeness (QED) is 0.540. The highest BCUT2D eigenvalue weighted by atomic mass is 16.3. The molecule has 174 valence electrons. The second-order valence-electron chi connectivity index (χ2n) is 8.88. The molecule has 9 nitrogen and oxygen atoms in total. The van der Waals surface area contributed by atoms with E-state index in [1.807, 2.05) is 6.20 Å². The summed E-state index contributed by atoms with van der Waals surface area (Å²) in [5, 5.41) is 20.8. The van der Waals surface area contributed by atoms with E-state index in [4.69, 9.17) is 9.97 Å². The Morgan fingerprint density at radius 1 is 1.25 bits per heavy atom. The number of rotatable bonds is 8. The number of amides is 1. The number of aliphatic hydroxyl groups is 1. The largest absolute Gasteiger partial charge is 0.396 e. The minimum atomic E-state index is -0.123. The zero-order valence-corrected chi connectivity index (χ0v) is 19.0. The number of nitrogens with one attached hydrogen (secondary N) is 2. The lowest BCUT2D eigenvalue weighted by molar-refractivity contribution is -0.117. The number of carbonyl (C=O) groups excluding carboxylic acids is 1. The number of aromatic nitrogens is 4. The molecule has 1 aliphatic heterocycles. The van der Waals surface area contributed by atoms with E-state index in [1.54, 1.807) is 4.52 Å². The van der Waals surface area contributed by atoms with Crippen molar-refractivity contribution in [2.45, 2.75) is 82.8 Å². The van der Waals surface area contributed by atoms with E-state index in [0.29, 0.717) is 11.9 Å². The van der Waals surface area contributed by atoms with Crippen LogP contribution >= 0.6 is 0 Å². The molecular weight excluding hydrogens is 406 g/mol. The molecule has 1 saturated heterocycles. The lowest BCUT2D eigenvalue weighted by Gasteiger charge is -2.36. The summed E-state index contributed by atoms with van der Waals surface area (Å²) in [6, 6.07) is 0.572. The van der Waals surface area contributed by atoms with Gasteiger partial charge in [-0.05, 0) is 63.9 Å². The molecule has 3 N–H and O–H groups in total. The van der Waals surface area contributed by atoms with Crippen LogP contribution < -0.4 is 15.5 Å². The Kier molecular flexibility index (Phi) is 7.24. The van der Waals surface area contributed by atoms with E-state index >= 15 is 0 Å². The fraction of sp³-hybridized carbons (Fsp3) is 0.652. The van der Waals surface area contributed by atoms with Crippen LogP contribution in [0.25, 0.3) is 5.65 Å². The highest BCUT2D eigenvalue weighted by Crippen LogP contribution is 2.28. The zero-order valence-electron chi connectivity index (χ0n) is 19.0. The molecule has 0 aromatic carbocycles. The highest BCUT2D eigenvalue weighted by molar-refractivity contribution is 5.87. The number of aryl methyl sites for hydroxylation is 1.